The Morgan fingerprint density at radius 2 is 2.07 bits per heavy atom. The molecule has 0 atom stereocenters. The van der Waals surface area contributed by atoms with E-state index in [0.717, 1.165) is 27.7 Å². The lowest BCUT2D eigenvalue weighted by atomic mass is 10.1. The lowest BCUT2D eigenvalue weighted by Crippen LogP contribution is -2.20. The molecule has 2 N–H and O–H groups in total. The van der Waals surface area contributed by atoms with E-state index < -0.39 is 0 Å². The number of nitrogens with zero attached hydrogens (tertiary/aromatic N) is 2. The van der Waals surface area contributed by atoms with E-state index in [9.17, 15) is 4.79 Å². The second kappa shape index (κ2) is 8.59. The van der Waals surface area contributed by atoms with Crippen LogP contribution >= 0.6 is 11.6 Å². The molecule has 0 saturated heterocycles. The molecule has 0 unspecified atom stereocenters. The van der Waals surface area contributed by atoms with Gasteiger partial charge in [0.25, 0.3) is 0 Å². The van der Waals surface area contributed by atoms with E-state index in [2.05, 4.69) is 20.5 Å². The molecular formula is C21H19ClN4O2. The molecule has 0 aliphatic heterocycles. The topological polar surface area (TPSA) is 67.6 Å². The Labute approximate surface area is 168 Å². The number of pyridine rings is 1. The molecule has 142 valence electrons. The number of methoxy groups -OCH3 is 1. The third-order valence-electron chi connectivity index (χ3n) is 4.27. The second-order valence-electron chi connectivity index (χ2n) is 6.20. The van der Waals surface area contributed by atoms with Gasteiger partial charge in [-0.05, 0) is 29.8 Å². The normalized spacial score (nSPS) is 10.4. The molecule has 0 saturated carbocycles. The molecule has 3 aromatic rings. The van der Waals surface area contributed by atoms with Crippen molar-refractivity contribution in [3.05, 3.63) is 70.2 Å². The van der Waals surface area contributed by atoms with Crippen molar-refractivity contribution in [3.63, 3.8) is 0 Å². The standard InChI is InChI=1S/C21H19ClN4O2/c1-13(27)24-11-15-12-25-19-6-5-16(23-2)9-17(19)21(15)26-10-14-4-7-20(28-3)18(22)8-14/h4-9,12H,10-11H2,1,3H3,(H,24,27)(H,25,26). The maximum atomic E-state index is 11.4. The zero-order chi connectivity index (χ0) is 20.1. The lowest BCUT2D eigenvalue weighted by molar-refractivity contribution is -0.119. The number of nitrogens with one attached hydrogen (secondary N) is 2. The fourth-order valence-electron chi connectivity index (χ4n) is 2.86. The molecule has 6 nitrogen and oxygen atoms in total. The summed E-state index contributed by atoms with van der Waals surface area (Å²) < 4.78 is 5.19. The first-order valence-electron chi connectivity index (χ1n) is 8.61. The van der Waals surface area contributed by atoms with Crippen molar-refractivity contribution in [2.24, 2.45) is 0 Å². The number of ether oxygens (including phenoxy) is 1. The molecule has 1 aromatic heterocycles. The van der Waals surface area contributed by atoms with Gasteiger partial charge in [0, 0.05) is 42.8 Å². The van der Waals surface area contributed by atoms with Crippen molar-refractivity contribution >= 4 is 39.8 Å². The van der Waals surface area contributed by atoms with Crippen molar-refractivity contribution in [1.82, 2.24) is 10.3 Å². The van der Waals surface area contributed by atoms with Crippen LogP contribution in [-0.4, -0.2) is 18.0 Å². The lowest BCUT2D eigenvalue weighted by Gasteiger charge is -2.16. The number of carbonyl (C=O) groups excluding carboxylic acids is 1. The van der Waals surface area contributed by atoms with Crippen LogP contribution in [-0.2, 0) is 17.9 Å². The summed E-state index contributed by atoms with van der Waals surface area (Å²) in [5, 5.41) is 7.59. The first-order chi connectivity index (χ1) is 13.5. The van der Waals surface area contributed by atoms with E-state index in [-0.39, 0.29) is 5.91 Å². The summed E-state index contributed by atoms with van der Waals surface area (Å²) in [6.45, 7) is 9.60. The molecule has 0 fully saturated rings. The van der Waals surface area contributed by atoms with Gasteiger partial charge in [-0.1, -0.05) is 23.7 Å². The number of rotatable bonds is 6. The number of fused-ring (bicyclic) bond motifs is 1. The third-order valence-corrected chi connectivity index (χ3v) is 4.57. The van der Waals surface area contributed by atoms with E-state index in [1.807, 2.05) is 24.3 Å². The minimum atomic E-state index is -0.122. The quantitative estimate of drug-likeness (QED) is 0.595. The van der Waals surface area contributed by atoms with E-state index in [1.165, 1.54) is 6.92 Å². The predicted octanol–water partition coefficient (Wildman–Crippen LogP) is 4.70. The highest BCUT2D eigenvalue weighted by Gasteiger charge is 2.11. The number of amides is 1. The number of aromatic nitrogens is 1. The SMILES string of the molecule is [C-]#[N+]c1ccc2ncc(CNC(C)=O)c(NCc3ccc(OC)c(Cl)c3)c2c1. The average molecular weight is 395 g/mol. The molecule has 0 bridgehead atoms. The van der Waals surface area contributed by atoms with E-state index in [0.29, 0.717) is 29.5 Å². The molecule has 3 rings (SSSR count). The van der Waals surface area contributed by atoms with Gasteiger partial charge in [-0.3, -0.25) is 9.78 Å². The minimum Gasteiger partial charge on any atom is -0.495 e. The Morgan fingerprint density at radius 1 is 1.25 bits per heavy atom. The third kappa shape index (κ3) is 4.33. The van der Waals surface area contributed by atoms with E-state index in [1.54, 1.807) is 25.4 Å². The van der Waals surface area contributed by atoms with Crippen molar-refractivity contribution in [2.45, 2.75) is 20.0 Å². The molecule has 7 heteroatoms. The Balaban J connectivity index is 1.97. The molecule has 0 radical (unpaired) electrons. The van der Waals surface area contributed by atoms with Gasteiger partial charge in [-0.25, -0.2) is 4.85 Å². The van der Waals surface area contributed by atoms with E-state index >= 15 is 0 Å². The van der Waals surface area contributed by atoms with Gasteiger partial charge in [-0.2, -0.15) is 0 Å². The number of hydrogen-bond donors (Lipinski definition) is 2. The van der Waals surface area contributed by atoms with Gasteiger partial charge in [0.15, 0.2) is 5.69 Å². The maximum absolute atomic E-state index is 11.4. The molecule has 0 spiro atoms. The van der Waals surface area contributed by atoms with Crippen molar-refractivity contribution < 1.29 is 9.53 Å². The number of carbonyl (C=O) groups is 1. The van der Waals surface area contributed by atoms with Crippen LogP contribution in [0.3, 0.4) is 0 Å². The summed E-state index contributed by atoms with van der Waals surface area (Å²) in [4.78, 5) is 19.3. The molecule has 0 aliphatic rings. The summed E-state index contributed by atoms with van der Waals surface area (Å²) in [6, 6.07) is 11.0. The van der Waals surface area contributed by atoms with Crippen molar-refractivity contribution in [3.8, 4) is 5.75 Å². The smallest absolute Gasteiger partial charge is 0.217 e. The Morgan fingerprint density at radius 3 is 2.75 bits per heavy atom. The number of hydrogen-bond acceptors (Lipinski definition) is 4. The summed E-state index contributed by atoms with van der Waals surface area (Å²) in [7, 11) is 1.57. The highest BCUT2D eigenvalue weighted by Crippen LogP contribution is 2.31. The van der Waals surface area contributed by atoms with Crippen LogP contribution in [0.1, 0.15) is 18.1 Å². The number of anilines is 1. The summed E-state index contributed by atoms with van der Waals surface area (Å²) in [5.41, 5.74) is 3.94. The average Bonchev–Trinajstić information content (AvgIpc) is 2.70. The fraction of sp³-hybridized carbons (Fsp3) is 0.190. The summed E-state index contributed by atoms with van der Waals surface area (Å²) in [5.74, 6) is 0.496. The Bertz CT molecular complexity index is 1080. The molecule has 28 heavy (non-hydrogen) atoms. The van der Waals surface area contributed by atoms with Gasteiger partial charge < -0.3 is 15.4 Å². The fourth-order valence-corrected chi connectivity index (χ4v) is 3.14. The maximum Gasteiger partial charge on any atom is 0.217 e. The van der Waals surface area contributed by atoms with Crippen molar-refractivity contribution in [1.29, 1.82) is 0 Å². The summed E-state index contributed by atoms with van der Waals surface area (Å²) >= 11 is 6.22. The van der Waals surface area contributed by atoms with Crippen molar-refractivity contribution in [2.75, 3.05) is 12.4 Å². The van der Waals surface area contributed by atoms with Crippen LogP contribution < -0.4 is 15.4 Å². The molecular weight excluding hydrogens is 376 g/mol. The zero-order valence-corrected chi connectivity index (χ0v) is 16.3. The number of benzene rings is 2. The molecule has 1 heterocycles. The van der Waals surface area contributed by atoms with Crippen LogP contribution in [0.5, 0.6) is 5.75 Å². The predicted molar refractivity (Wildman–Crippen MR) is 111 cm³/mol. The first-order valence-corrected chi connectivity index (χ1v) is 8.99. The van der Waals surface area contributed by atoms with Gasteiger partial charge in [-0.15, -0.1) is 0 Å². The van der Waals surface area contributed by atoms with Crippen LogP contribution in [0.25, 0.3) is 15.7 Å². The highest BCUT2D eigenvalue weighted by atomic mass is 35.5. The van der Waals surface area contributed by atoms with Gasteiger partial charge in [0.2, 0.25) is 5.91 Å². The highest BCUT2D eigenvalue weighted by molar-refractivity contribution is 6.32. The van der Waals surface area contributed by atoms with Crippen LogP contribution in [0, 0.1) is 6.57 Å². The molecule has 2 aromatic carbocycles. The van der Waals surface area contributed by atoms with E-state index in [4.69, 9.17) is 22.9 Å². The monoisotopic (exact) mass is 394 g/mol. The molecule has 0 aliphatic carbocycles. The molecule has 1 amide bonds. The summed E-state index contributed by atoms with van der Waals surface area (Å²) in [6.07, 6.45) is 1.74. The van der Waals surface area contributed by atoms with Gasteiger partial charge in [0.05, 0.1) is 24.2 Å². The Kier molecular flexibility index (Phi) is 5.97. The Hall–Kier alpha value is -3.30. The van der Waals surface area contributed by atoms with Gasteiger partial charge >= 0.3 is 0 Å². The number of halogens is 1. The van der Waals surface area contributed by atoms with Crippen LogP contribution in [0.15, 0.2) is 42.6 Å². The van der Waals surface area contributed by atoms with Crippen LogP contribution in [0.4, 0.5) is 11.4 Å². The van der Waals surface area contributed by atoms with Gasteiger partial charge in [0.1, 0.15) is 5.75 Å². The van der Waals surface area contributed by atoms with Crippen LogP contribution in [0.2, 0.25) is 5.02 Å². The first kappa shape index (κ1) is 19.5. The minimum absolute atomic E-state index is 0.122. The zero-order valence-electron chi connectivity index (χ0n) is 15.5. The largest absolute Gasteiger partial charge is 0.495 e. The second-order valence-corrected chi connectivity index (χ2v) is 6.61.